The largest absolute Gasteiger partial charge is 0.273 e. The first-order chi connectivity index (χ1) is 8.72. The minimum Gasteiger partial charge on any atom is -0.273 e. The Morgan fingerprint density at radius 2 is 2.11 bits per heavy atom. The maximum Gasteiger partial charge on any atom is 0.242 e. The molecule has 0 saturated heterocycles. The molecule has 1 aliphatic rings. The molecule has 1 heterocycles. The fourth-order valence-corrected chi connectivity index (χ4v) is 2.36. The van der Waals surface area contributed by atoms with E-state index in [-0.39, 0.29) is 5.91 Å². The lowest BCUT2D eigenvalue weighted by atomic mass is 10.2. The van der Waals surface area contributed by atoms with Gasteiger partial charge in [0, 0.05) is 19.0 Å². The van der Waals surface area contributed by atoms with Crippen LogP contribution < -0.4 is 0 Å². The molecule has 1 radical (unpaired) electrons. The van der Waals surface area contributed by atoms with Gasteiger partial charge in [-0.05, 0) is 6.42 Å². The first-order valence-electron chi connectivity index (χ1n) is 5.92. The predicted octanol–water partition coefficient (Wildman–Crippen LogP) is 2.69. The Labute approximate surface area is 112 Å². The number of thioether (sulfide) groups is 1. The van der Waals surface area contributed by atoms with E-state index in [4.69, 9.17) is 0 Å². The summed E-state index contributed by atoms with van der Waals surface area (Å²) in [6.45, 7) is 1.99. The van der Waals surface area contributed by atoms with Crippen molar-refractivity contribution in [2.75, 3.05) is 7.05 Å². The minimum absolute atomic E-state index is 0.0763. The molecule has 18 heavy (non-hydrogen) atoms. The summed E-state index contributed by atoms with van der Waals surface area (Å²) < 4.78 is 0. The second-order valence-electron chi connectivity index (χ2n) is 3.98. The van der Waals surface area contributed by atoms with Gasteiger partial charge in [0.15, 0.2) is 5.88 Å². The van der Waals surface area contributed by atoms with E-state index in [1.807, 2.05) is 43.1 Å². The predicted molar refractivity (Wildman–Crippen MR) is 74.4 cm³/mol. The Balaban J connectivity index is 2.06. The van der Waals surface area contributed by atoms with Crippen molar-refractivity contribution in [3.63, 3.8) is 0 Å². The molecule has 95 valence electrons. The van der Waals surface area contributed by atoms with Crippen molar-refractivity contribution in [1.29, 1.82) is 0 Å². The molecule has 0 N–H and O–H groups in total. The van der Waals surface area contributed by atoms with Crippen LogP contribution in [0.3, 0.4) is 0 Å². The van der Waals surface area contributed by atoms with Gasteiger partial charge in [0.05, 0.1) is 0 Å². The van der Waals surface area contributed by atoms with Gasteiger partial charge in [-0.2, -0.15) is 5.12 Å². The van der Waals surface area contributed by atoms with Gasteiger partial charge in [0.2, 0.25) is 5.91 Å². The zero-order valence-corrected chi connectivity index (χ0v) is 11.4. The van der Waals surface area contributed by atoms with Crippen LogP contribution in [0.15, 0.2) is 35.4 Å². The van der Waals surface area contributed by atoms with E-state index >= 15 is 0 Å². The highest BCUT2D eigenvalue weighted by atomic mass is 32.2. The number of rotatable bonds is 4. The van der Waals surface area contributed by atoms with E-state index in [2.05, 4.69) is 5.10 Å². The quantitative estimate of drug-likeness (QED) is 0.837. The minimum atomic E-state index is 0.0763. The van der Waals surface area contributed by atoms with Gasteiger partial charge >= 0.3 is 0 Å². The molecule has 5 heteroatoms. The molecule has 1 amide bonds. The van der Waals surface area contributed by atoms with Crippen molar-refractivity contribution in [2.45, 2.75) is 19.8 Å². The number of carbonyl (C=O) groups excluding carboxylic acids is 1. The molecule has 2 rings (SSSR count). The average molecular weight is 262 g/mol. The lowest BCUT2D eigenvalue weighted by molar-refractivity contribution is -0.142. The number of amides is 1. The SMILES string of the molecule is CCCC(=O)N(C)N1[CH]SC(c2ccccc2)=N1. The lowest BCUT2D eigenvalue weighted by Crippen LogP contribution is -2.37. The highest BCUT2D eigenvalue weighted by Crippen LogP contribution is 2.27. The van der Waals surface area contributed by atoms with Gasteiger partial charge in [-0.15, -0.1) is 5.10 Å². The molecule has 1 aromatic rings. The van der Waals surface area contributed by atoms with Gasteiger partial charge in [-0.25, -0.2) is 5.01 Å². The highest BCUT2D eigenvalue weighted by Gasteiger charge is 2.23. The van der Waals surface area contributed by atoms with Crippen molar-refractivity contribution in [2.24, 2.45) is 5.10 Å². The maximum atomic E-state index is 11.8. The molecule has 0 bridgehead atoms. The van der Waals surface area contributed by atoms with E-state index in [0.717, 1.165) is 17.0 Å². The van der Waals surface area contributed by atoms with Crippen molar-refractivity contribution < 1.29 is 4.79 Å². The number of carbonyl (C=O) groups is 1. The van der Waals surface area contributed by atoms with Crippen LogP contribution in [0.25, 0.3) is 0 Å². The molecule has 1 aromatic carbocycles. The Morgan fingerprint density at radius 1 is 1.39 bits per heavy atom. The second-order valence-corrected chi connectivity index (χ2v) is 4.82. The molecular weight excluding hydrogens is 246 g/mol. The number of hydrazine groups is 1. The molecule has 4 nitrogen and oxygen atoms in total. The van der Waals surface area contributed by atoms with Gasteiger partial charge in [0.25, 0.3) is 0 Å². The van der Waals surface area contributed by atoms with Gasteiger partial charge in [-0.3, -0.25) is 4.79 Å². The second kappa shape index (κ2) is 5.91. The zero-order valence-electron chi connectivity index (χ0n) is 10.5. The fraction of sp³-hybridized carbons (Fsp3) is 0.308. The number of hydrazone groups is 1. The van der Waals surface area contributed by atoms with Gasteiger partial charge in [-0.1, -0.05) is 49.0 Å². The summed E-state index contributed by atoms with van der Waals surface area (Å²) in [4.78, 5) is 11.8. The molecule has 0 unspecified atom stereocenters. The molecule has 1 aliphatic heterocycles. The van der Waals surface area contributed by atoms with Crippen molar-refractivity contribution in [1.82, 2.24) is 10.1 Å². The summed E-state index contributed by atoms with van der Waals surface area (Å²) in [7, 11) is 1.74. The third-order valence-electron chi connectivity index (χ3n) is 2.60. The highest BCUT2D eigenvalue weighted by molar-refractivity contribution is 8.16. The number of benzene rings is 1. The van der Waals surface area contributed by atoms with Crippen LogP contribution in [-0.4, -0.2) is 28.1 Å². The first kappa shape index (κ1) is 13.0. The Morgan fingerprint density at radius 3 is 2.78 bits per heavy atom. The van der Waals surface area contributed by atoms with Crippen molar-refractivity contribution in [3.05, 3.63) is 41.8 Å². The summed E-state index contributed by atoms with van der Waals surface area (Å²) in [5.41, 5.74) is 1.07. The maximum absolute atomic E-state index is 11.8. The normalized spacial score (nSPS) is 14.6. The summed E-state index contributed by atoms with van der Waals surface area (Å²) in [6.07, 6.45) is 1.39. The van der Waals surface area contributed by atoms with Crippen LogP contribution in [0.5, 0.6) is 0 Å². The third kappa shape index (κ3) is 2.85. The van der Waals surface area contributed by atoms with Crippen LogP contribution in [0.1, 0.15) is 25.3 Å². The topological polar surface area (TPSA) is 35.9 Å². The van der Waals surface area contributed by atoms with E-state index < -0.39 is 0 Å². The smallest absolute Gasteiger partial charge is 0.242 e. The Bertz CT molecular complexity index is 447. The number of hydrogen-bond acceptors (Lipinski definition) is 4. The van der Waals surface area contributed by atoms with Crippen LogP contribution >= 0.6 is 11.8 Å². The molecule has 0 atom stereocenters. The average Bonchev–Trinajstić information content (AvgIpc) is 2.89. The molecule has 0 fully saturated rings. The summed E-state index contributed by atoms with van der Waals surface area (Å²) in [6, 6.07) is 9.95. The van der Waals surface area contributed by atoms with E-state index in [1.54, 1.807) is 17.2 Å². The molecule has 0 aromatic heterocycles. The van der Waals surface area contributed by atoms with Crippen LogP contribution in [0.4, 0.5) is 0 Å². The molecular formula is C13H16N3OS. The monoisotopic (exact) mass is 262 g/mol. The lowest BCUT2D eigenvalue weighted by Gasteiger charge is -2.24. The van der Waals surface area contributed by atoms with Gasteiger partial charge in [0.1, 0.15) is 5.04 Å². The van der Waals surface area contributed by atoms with E-state index in [1.165, 1.54) is 11.8 Å². The summed E-state index contributed by atoms with van der Waals surface area (Å²) in [5.74, 6) is 1.92. The fourth-order valence-electron chi connectivity index (χ4n) is 1.57. The summed E-state index contributed by atoms with van der Waals surface area (Å²) in [5, 5.41) is 8.48. The molecule has 0 aliphatic carbocycles. The Hall–Kier alpha value is -1.49. The van der Waals surface area contributed by atoms with Crippen LogP contribution in [-0.2, 0) is 4.79 Å². The zero-order chi connectivity index (χ0) is 13.0. The van der Waals surface area contributed by atoms with Crippen molar-refractivity contribution in [3.8, 4) is 0 Å². The van der Waals surface area contributed by atoms with Crippen molar-refractivity contribution >= 4 is 22.7 Å². The first-order valence-corrected chi connectivity index (χ1v) is 6.80. The van der Waals surface area contributed by atoms with Gasteiger partial charge < -0.3 is 0 Å². The Kier molecular flexibility index (Phi) is 4.25. The summed E-state index contributed by atoms with van der Waals surface area (Å²) >= 11 is 1.52. The molecule has 0 spiro atoms. The third-order valence-corrected chi connectivity index (χ3v) is 3.44. The van der Waals surface area contributed by atoms with Crippen LogP contribution in [0, 0.1) is 5.88 Å². The standard InChI is InChI=1S/C13H16N3OS/c1-3-7-12(17)15(2)16-10-18-13(14-16)11-8-5-4-6-9-11/h4-6,8-10H,3,7H2,1-2H3. The van der Waals surface area contributed by atoms with Crippen LogP contribution in [0.2, 0.25) is 0 Å². The van der Waals surface area contributed by atoms with E-state index in [9.17, 15) is 4.79 Å². The molecule has 0 saturated carbocycles. The number of nitrogens with zero attached hydrogens (tertiary/aromatic N) is 3. The number of hydrogen-bond donors (Lipinski definition) is 0. The van der Waals surface area contributed by atoms with E-state index in [0.29, 0.717) is 6.42 Å².